The van der Waals surface area contributed by atoms with Gasteiger partial charge in [-0.15, -0.1) is 11.3 Å². The molecule has 1 amide bonds. The van der Waals surface area contributed by atoms with Crippen molar-refractivity contribution in [1.29, 1.82) is 0 Å². The molecule has 0 N–H and O–H groups in total. The van der Waals surface area contributed by atoms with Crippen LogP contribution in [0.5, 0.6) is 0 Å². The largest absolute Gasteiger partial charge is 0.379 e. The summed E-state index contributed by atoms with van der Waals surface area (Å²) >= 11 is 1.37. The molecule has 8 nitrogen and oxygen atoms in total. The van der Waals surface area contributed by atoms with Crippen LogP contribution in [0.15, 0.2) is 10.9 Å². The zero-order valence-electron chi connectivity index (χ0n) is 13.6. The smallest absolute Gasteiger partial charge is 0.273 e. The highest BCUT2D eigenvalue weighted by Gasteiger charge is 2.39. The number of nitrogens with zero attached hydrogens (tertiary/aromatic N) is 4. The molecule has 24 heavy (non-hydrogen) atoms. The summed E-state index contributed by atoms with van der Waals surface area (Å²) in [5, 5.41) is 1.71. The van der Waals surface area contributed by atoms with Crippen molar-refractivity contribution in [2.75, 3.05) is 58.7 Å². The number of morpholine rings is 1. The average molecular weight is 374 g/mol. The normalized spacial score (nSPS) is 20.3. The molecular weight excluding hydrogens is 352 g/mol. The van der Waals surface area contributed by atoms with Gasteiger partial charge in [-0.05, 0) is 0 Å². The zero-order valence-corrected chi connectivity index (χ0v) is 15.3. The fourth-order valence-electron chi connectivity index (χ4n) is 2.97. The van der Waals surface area contributed by atoms with E-state index >= 15 is 0 Å². The summed E-state index contributed by atoms with van der Waals surface area (Å²) in [6, 6.07) is -0.149. The van der Waals surface area contributed by atoms with Gasteiger partial charge in [-0.3, -0.25) is 9.69 Å². The Morgan fingerprint density at radius 3 is 2.71 bits per heavy atom. The van der Waals surface area contributed by atoms with E-state index in [4.69, 9.17) is 4.74 Å². The molecule has 0 aliphatic carbocycles. The van der Waals surface area contributed by atoms with Gasteiger partial charge in [-0.25, -0.2) is 13.4 Å². The summed E-state index contributed by atoms with van der Waals surface area (Å²) in [6.07, 6.45) is 1.23. The lowest BCUT2D eigenvalue weighted by atomic mass is 10.1. The summed E-state index contributed by atoms with van der Waals surface area (Å²) in [4.78, 5) is 20.1. The molecule has 2 aliphatic rings. The van der Waals surface area contributed by atoms with Crippen LogP contribution in [0.1, 0.15) is 10.5 Å². The van der Waals surface area contributed by atoms with E-state index in [1.54, 1.807) is 15.8 Å². The maximum absolute atomic E-state index is 12.2. The molecule has 3 rings (SSSR count). The summed E-state index contributed by atoms with van der Waals surface area (Å²) in [6.45, 7) is 5.03. The van der Waals surface area contributed by atoms with E-state index in [0.717, 1.165) is 13.1 Å². The highest BCUT2D eigenvalue weighted by atomic mass is 32.2. The molecule has 2 aliphatic heterocycles. The molecule has 0 bridgehead atoms. The first-order chi connectivity index (χ1) is 11.4. The molecule has 10 heteroatoms. The van der Waals surface area contributed by atoms with Gasteiger partial charge in [-0.2, -0.15) is 4.31 Å². The predicted molar refractivity (Wildman–Crippen MR) is 90.6 cm³/mol. The Bertz CT molecular complexity index is 652. The molecule has 0 aromatic carbocycles. The number of carbonyl (C=O) groups is 1. The lowest BCUT2D eigenvalue weighted by Crippen LogP contribution is -2.63. The molecular formula is C14H22N4O4S2. The average Bonchev–Trinajstić information content (AvgIpc) is 3.03. The summed E-state index contributed by atoms with van der Waals surface area (Å²) in [5.41, 5.74) is 2.05. The highest BCUT2D eigenvalue weighted by Crippen LogP contribution is 2.20. The van der Waals surface area contributed by atoms with Crippen LogP contribution in [-0.4, -0.2) is 98.2 Å². The summed E-state index contributed by atoms with van der Waals surface area (Å²) in [5.74, 6) is -0.130. The number of carbonyl (C=O) groups excluding carboxylic acids is 1. The van der Waals surface area contributed by atoms with Crippen LogP contribution in [0, 0.1) is 0 Å². The number of thiazole rings is 1. The second-order valence-electron chi connectivity index (χ2n) is 6.07. The van der Waals surface area contributed by atoms with Gasteiger partial charge in [-0.1, -0.05) is 0 Å². The van der Waals surface area contributed by atoms with Crippen molar-refractivity contribution in [2.24, 2.45) is 0 Å². The number of sulfonamides is 1. The molecule has 1 aromatic rings. The second-order valence-corrected chi connectivity index (χ2v) is 8.72. The molecule has 134 valence electrons. The SMILES string of the molecule is CS(=O)(=O)N(CCN1CCOCC1)C1CN(C(=O)c2cscn2)C1. The summed E-state index contributed by atoms with van der Waals surface area (Å²) in [7, 11) is -3.30. The Morgan fingerprint density at radius 1 is 1.42 bits per heavy atom. The van der Waals surface area contributed by atoms with Crippen molar-refractivity contribution in [3.63, 3.8) is 0 Å². The molecule has 0 saturated carbocycles. The number of hydrogen-bond donors (Lipinski definition) is 0. The first-order valence-corrected chi connectivity index (χ1v) is 10.7. The number of rotatable bonds is 6. The Morgan fingerprint density at radius 2 is 2.12 bits per heavy atom. The van der Waals surface area contributed by atoms with E-state index in [2.05, 4.69) is 9.88 Å². The standard InChI is InChI=1S/C14H22N4O4S2/c1-24(20,21)18(3-2-16-4-6-22-7-5-16)12-8-17(9-12)14(19)13-10-23-11-15-13/h10-12H,2-9H2,1H3. The number of hydrogen-bond acceptors (Lipinski definition) is 7. The molecule has 1 aromatic heterocycles. The van der Waals surface area contributed by atoms with Gasteiger partial charge in [0.25, 0.3) is 5.91 Å². The van der Waals surface area contributed by atoms with Gasteiger partial charge in [0.2, 0.25) is 10.0 Å². The molecule has 0 radical (unpaired) electrons. The van der Waals surface area contributed by atoms with Gasteiger partial charge in [0.05, 0.1) is 31.0 Å². The number of amides is 1. The minimum absolute atomic E-state index is 0.130. The first-order valence-electron chi connectivity index (χ1n) is 7.89. The first kappa shape index (κ1) is 17.7. The van der Waals surface area contributed by atoms with Crippen molar-refractivity contribution in [3.05, 3.63) is 16.6 Å². The zero-order chi connectivity index (χ0) is 17.2. The van der Waals surface area contributed by atoms with Gasteiger partial charge in [0.1, 0.15) is 5.69 Å². The van der Waals surface area contributed by atoms with Crippen LogP contribution in [0.3, 0.4) is 0 Å². The minimum atomic E-state index is -3.30. The molecule has 3 heterocycles. The Kier molecular flexibility index (Phi) is 5.50. The third kappa shape index (κ3) is 4.12. The predicted octanol–water partition coefficient (Wildman–Crippen LogP) is -0.439. The van der Waals surface area contributed by atoms with Crippen molar-refractivity contribution in [2.45, 2.75) is 6.04 Å². The van der Waals surface area contributed by atoms with E-state index in [0.29, 0.717) is 45.1 Å². The van der Waals surface area contributed by atoms with Crippen LogP contribution in [-0.2, 0) is 14.8 Å². The minimum Gasteiger partial charge on any atom is -0.379 e. The number of ether oxygens (including phenoxy) is 1. The van der Waals surface area contributed by atoms with Crippen LogP contribution in [0.4, 0.5) is 0 Å². The van der Waals surface area contributed by atoms with Crippen LogP contribution >= 0.6 is 11.3 Å². The quantitative estimate of drug-likeness (QED) is 0.671. The van der Waals surface area contributed by atoms with Crippen molar-refractivity contribution in [3.8, 4) is 0 Å². The topological polar surface area (TPSA) is 83.1 Å². The third-order valence-corrected chi connectivity index (χ3v) is 6.29. The fourth-order valence-corrected chi connectivity index (χ4v) is 4.58. The van der Waals surface area contributed by atoms with Gasteiger partial charge < -0.3 is 9.64 Å². The van der Waals surface area contributed by atoms with Crippen LogP contribution in [0.2, 0.25) is 0 Å². The van der Waals surface area contributed by atoms with Crippen LogP contribution < -0.4 is 0 Å². The van der Waals surface area contributed by atoms with Crippen LogP contribution in [0.25, 0.3) is 0 Å². The van der Waals surface area contributed by atoms with Crippen molar-refractivity contribution >= 4 is 27.3 Å². The highest BCUT2D eigenvalue weighted by molar-refractivity contribution is 7.88. The Hall–Kier alpha value is -1.07. The monoisotopic (exact) mass is 374 g/mol. The maximum Gasteiger partial charge on any atom is 0.273 e. The van der Waals surface area contributed by atoms with Gasteiger partial charge >= 0.3 is 0 Å². The maximum atomic E-state index is 12.2. The Balaban J connectivity index is 1.55. The second kappa shape index (κ2) is 7.44. The van der Waals surface area contributed by atoms with Gasteiger partial charge in [0, 0.05) is 44.6 Å². The van der Waals surface area contributed by atoms with E-state index in [9.17, 15) is 13.2 Å². The number of aromatic nitrogens is 1. The van der Waals surface area contributed by atoms with E-state index in [1.165, 1.54) is 21.9 Å². The number of likely N-dealkylation sites (tertiary alicyclic amines) is 1. The molecule has 2 saturated heterocycles. The Labute approximate surface area is 146 Å². The van der Waals surface area contributed by atoms with Crippen molar-refractivity contribution in [1.82, 2.24) is 19.1 Å². The fraction of sp³-hybridized carbons (Fsp3) is 0.714. The molecule has 2 fully saturated rings. The lowest BCUT2D eigenvalue weighted by Gasteiger charge is -2.44. The van der Waals surface area contributed by atoms with Crippen molar-refractivity contribution < 1.29 is 17.9 Å². The molecule has 0 spiro atoms. The third-order valence-electron chi connectivity index (χ3n) is 4.37. The van der Waals surface area contributed by atoms with Gasteiger partial charge in [0.15, 0.2) is 0 Å². The molecule has 0 unspecified atom stereocenters. The van der Waals surface area contributed by atoms with E-state index in [-0.39, 0.29) is 11.9 Å². The van der Waals surface area contributed by atoms with E-state index < -0.39 is 10.0 Å². The van der Waals surface area contributed by atoms with E-state index in [1.807, 2.05) is 0 Å². The molecule has 0 atom stereocenters. The lowest BCUT2D eigenvalue weighted by molar-refractivity contribution is 0.0268. The summed E-state index contributed by atoms with van der Waals surface area (Å²) < 4.78 is 31.1.